The van der Waals surface area contributed by atoms with E-state index in [4.69, 9.17) is 5.73 Å². The monoisotopic (exact) mass is 274 g/mol. The van der Waals surface area contributed by atoms with Gasteiger partial charge in [-0.05, 0) is 16.6 Å². The zero-order valence-corrected chi connectivity index (χ0v) is 10.6. The van der Waals surface area contributed by atoms with Crippen LogP contribution in [0.3, 0.4) is 0 Å². The van der Waals surface area contributed by atoms with E-state index in [0.717, 1.165) is 5.56 Å². The number of carbonyl (C=O) groups is 1. The minimum Gasteiger partial charge on any atom is -0.358 e. The lowest BCUT2D eigenvalue weighted by Gasteiger charge is -2.12. The van der Waals surface area contributed by atoms with Crippen LogP contribution in [0.1, 0.15) is 22.1 Å². The van der Waals surface area contributed by atoms with Crippen LogP contribution in [0.5, 0.6) is 0 Å². The summed E-state index contributed by atoms with van der Waals surface area (Å²) in [6.07, 6.45) is 0. The van der Waals surface area contributed by atoms with Gasteiger partial charge in [-0.15, -0.1) is 0 Å². The molecule has 20 heavy (non-hydrogen) atoms. The molecule has 0 spiro atoms. The third-order valence-electron chi connectivity index (χ3n) is 2.82. The van der Waals surface area contributed by atoms with E-state index in [1.54, 1.807) is 0 Å². The molecule has 0 aliphatic rings. The largest absolute Gasteiger partial charge is 0.358 e. The third kappa shape index (κ3) is 3.21. The summed E-state index contributed by atoms with van der Waals surface area (Å²) in [5.41, 5.74) is 6.99. The fraction of sp³-hybridized carbons (Fsp3) is 0.154. The van der Waals surface area contributed by atoms with Gasteiger partial charge in [-0.3, -0.25) is 4.79 Å². The van der Waals surface area contributed by atoms with Crippen molar-refractivity contribution in [1.29, 1.82) is 0 Å². The van der Waals surface area contributed by atoms with Gasteiger partial charge >= 0.3 is 5.82 Å². The summed E-state index contributed by atoms with van der Waals surface area (Å²) in [5.74, 6) is -0.646. The molecule has 0 fully saturated rings. The van der Waals surface area contributed by atoms with Crippen molar-refractivity contribution in [3.63, 3.8) is 0 Å². The summed E-state index contributed by atoms with van der Waals surface area (Å²) < 4.78 is 0. The number of benzene rings is 1. The number of aromatic amines is 1. The zero-order valence-electron chi connectivity index (χ0n) is 10.6. The van der Waals surface area contributed by atoms with Gasteiger partial charge in [0.2, 0.25) is 0 Å². The molecule has 7 nitrogen and oxygen atoms in total. The van der Waals surface area contributed by atoms with E-state index >= 15 is 0 Å². The number of nitro groups is 1. The molecule has 1 unspecified atom stereocenters. The maximum Gasteiger partial charge on any atom is 0.321 e. The van der Waals surface area contributed by atoms with Crippen LogP contribution in [0.25, 0.3) is 0 Å². The number of carbonyl (C=O) groups excluding carboxylic acids is 1. The Labute approximate surface area is 114 Å². The van der Waals surface area contributed by atoms with Crippen LogP contribution in [0, 0.1) is 10.1 Å². The predicted molar refractivity (Wildman–Crippen MR) is 73.2 cm³/mol. The summed E-state index contributed by atoms with van der Waals surface area (Å²) in [4.78, 5) is 24.1. The number of hydrogen-bond donors (Lipinski definition) is 3. The Kier molecular flexibility index (Phi) is 4.11. The molecule has 1 heterocycles. The molecule has 1 atom stereocenters. The SMILES string of the molecule is NC(CNC(=O)c1ccc([N+](=O)[O-])[nH]1)c1ccccc1. The number of rotatable bonds is 5. The summed E-state index contributed by atoms with van der Waals surface area (Å²) in [6, 6.07) is 11.6. The van der Waals surface area contributed by atoms with Crippen molar-refractivity contribution in [2.24, 2.45) is 5.73 Å². The first-order valence-electron chi connectivity index (χ1n) is 6.00. The van der Waals surface area contributed by atoms with Gasteiger partial charge in [0.25, 0.3) is 5.91 Å². The Balaban J connectivity index is 1.93. The highest BCUT2D eigenvalue weighted by Crippen LogP contribution is 2.11. The Bertz CT molecular complexity index is 609. The van der Waals surface area contributed by atoms with E-state index in [1.807, 2.05) is 30.3 Å². The lowest BCUT2D eigenvalue weighted by atomic mass is 10.1. The van der Waals surface area contributed by atoms with Gasteiger partial charge in [-0.1, -0.05) is 30.3 Å². The average molecular weight is 274 g/mol. The molecule has 2 aromatic rings. The topological polar surface area (TPSA) is 114 Å². The lowest BCUT2D eigenvalue weighted by molar-refractivity contribution is -0.389. The molecule has 0 radical (unpaired) electrons. The van der Waals surface area contributed by atoms with Crippen LogP contribution in [0.15, 0.2) is 42.5 Å². The van der Waals surface area contributed by atoms with Crippen molar-refractivity contribution < 1.29 is 9.72 Å². The molecule has 0 aliphatic carbocycles. The van der Waals surface area contributed by atoms with Crippen molar-refractivity contribution in [2.45, 2.75) is 6.04 Å². The molecule has 0 saturated heterocycles. The van der Waals surface area contributed by atoms with E-state index < -0.39 is 10.8 Å². The Morgan fingerprint density at radius 2 is 2.00 bits per heavy atom. The Hall–Kier alpha value is -2.67. The highest BCUT2D eigenvalue weighted by Gasteiger charge is 2.16. The molecule has 0 bridgehead atoms. The van der Waals surface area contributed by atoms with Gasteiger partial charge in [0.15, 0.2) is 5.69 Å². The standard InChI is InChI=1S/C13H14N4O3/c14-10(9-4-2-1-3-5-9)8-15-13(18)11-6-7-12(16-11)17(19)20/h1-7,10,16H,8,14H2,(H,15,18). The molecular formula is C13H14N4O3. The normalized spacial score (nSPS) is 11.8. The third-order valence-corrected chi connectivity index (χ3v) is 2.82. The number of nitrogens with zero attached hydrogens (tertiary/aromatic N) is 1. The van der Waals surface area contributed by atoms with Crippen molar-refractivity contribution in [3.8, 4) is 0 Å². The van der Waals surface area contributed by atoms with Gasteiger partial charge in [0.1, 0.15) is 0 Å². The molecule has 0 aliphatic heterocycles. The average Bonchev–Trinajstić information content (AvgIpc) is 2.95. The van der Waals surface area contributed by atoms with Crippen LogP contribution in [0.2, 0.25) is 0 Å². The predicted octanol–water partition coefficient (Wildman–Crippen LogP) is 1.35. The number of aromatic nitrogens is 1. The fourth-order valence-corrected chi connectivity index (χ4v) is 1.74. The molecule has 7 heteroatoms. The van der Waals surface area contributed by atoms with Crippen LogP contribution < -0.4 is 11.1 Å². The summed E-state index contributed by atoms with van der Waals surface area (Å²) >= 11 is 0. The molecule has 104 valence electrons. The first kappa shape index (κ1) is 13.8. The van der Waals surface area contributed by atoms with E-state index in [0.29, 0.717) is 0 Å². The van der Waals surface area contributed by atoms with Crippen LogP contribution in [-0.4, -0.2) is 22.4 Å². The molecule has 2 rings (SSSR count). The summed E-state index contributed by atoms with van der Waals surface area (Å²) in [7, 11) is 0. The van der Waals surface area contributed by atoms with E-state index in [9.17, 15) is 14.9 Å². The molecule has 1 aromatic heterocycles. The molecule has 1 aromatic carbocycles. The van der Waals surface area contributed by atoms with Crippen molar-refractivity contribution >= 4 is 11.7 Å². The number of nitrogens with two attached hydrogens (primary N) is 1. The van der Waals surface area contributed by atoms with Gasteiger partial charge in [-0.2, -0.15) is 0 Å². The second kappa shape index (κ2) is 5.98. The van der Waals surface area contributed by atoms with Gasteiger partial charge in [0.05, 0.1) is 0 Å². The van der Waals surface area contributed by atoms with Crippen LogP contribution in [0.4, 0.5) is 5.82 Å². The van der Waals surface area contributed by atoms with E-state index in [-0.39, 0.29) is 24.1 Å². The maximum atomic E-state index is 11.8. The van der Waals surface area contributed by atoms with E-state index in [1.165, 1.54) is 12.1 Å². The molecule has 0 saturated carbocycles. The van der Waals surface area contributed by atoms with Crippen molar-refractivity contribution in [1.82, 2.24) is 10.3 Å². The van der Waals surface area contributed by atoms with Gasteiger partial charge in [0, 0.05) is 18.7 Å². The van der Waals surface area contributed by atoms with Gasteiger partial charge in [-0.25, -0.2) is 4.98 Å². The Morgan fingerprint density at radius 3 is 2.60 bits per heavy atom. The second-order valence-corrected chi connectivity index (χ2v) is 4.24. The van der Waals surface area contributed by atoms with Crippen molar-refractivity contribution in [3.05, 3.63) is 63.8 Å². The highest BCUT2D eigenvalue weighted by molar-refractivity contribution is 5.92. The van der Waals surface area contributed by atoms with Crippen molar-refractivity contribution in [2.75, 3.05) is 6.54 Å². The lowest BCUT2D eigenvalue weighted by Crippen LogP contribution is -2.32. The zero-order chi connectivity index (χ0) is 14.5. The number of nitrogens with one attached hydrogen (secondary N) is 2. The first-order chi connectivity index (χ1) is 9.58. The number of hydrogen-bond acceptors (Lipinski definition) is 4. The number of H-pyrrole nitrogens is 1. The Morgan fingerprint density at radius 1 is 1.30 bits per heavy atom. The quantitative estimate of drug-likeness (QED) is 0.564. The summed E-state index contributed by atoms with van der Waals surface area (Å²) in [6.45, 7) is 0.246. The van der Waals surface area contributed by atoms with E-state index in [2.05, 4.69) is 10.3 Å². The summed E-state index contributed by atoms with van der Waals surface area (Å²) in [5, 5.41) is 13.1. The molecular weight excluding hydrogens is 260 g/mol. The first-order valence-corrected chi connectivity index (χ1v) is 6.00. The second-order valence-electron chi connectivity index (χ2n) is 4.24. The van der Waals surface area contributed by atoms with Crippen LogP contribution in [-0.2, 0) is 0 Å². The smallest absolute Gasteiger partial charge is 0.321 e. The number of amides is 1. The maximum absolute atomic E-state index is 11.8. The molecule has 4 N–H and O–H groups in total. The highest BCUT2D eigenvalue weighted by atomic mass is 16.6. The minimum atomic E-state index is -0.591. The van der Waals surface area contributed by atoms with Gasteiger partial charge < -0.3 is 21.2 Å². The fourth-order valence-electron chi connectivity index (χ4n) is 1.74. The molecule has 1 amide bonds. The van der Waals surface area contributed by atoms with Crippen LogP contribution >= 0.6 is 0 Å². The minimum absolute atomic E-state index is 0.136.